The van der Waals surface area contributed by atoms with Gasteiger partial charge in [0.2, 0.25) is 5.75 Å². The quantitative estimate of drug-likeness (QED) is 0.722. The number of nitrogens with one attached hydrogen (secondary N) is 1. The van der Waals surface area contributed by atoms with Gasteiger partial charge in [0, 0.05) is 19.6 Å². The molecule has 0 radical (unpaired) electrons. The highest BCUT2D eigenvalue weighted by atomic mass is 19.1. The summed E-state index contributed by atoms with van der Waals surface area (Å²) in [5.74, 6) is -2.12. The molecule has 2 heterocycles. The van der Waals surface area contributed by atoms with E-state index < -0.39 is 17.5 Å². The van der Waals surface area contributed by atoms with Gasteiger partial charge in [-0.2, -0.15) is 4.98 Å². The van der Waals surface area contributed by atoms with E-state index in [0.717, 1.165) is 0 Å². The Morgan fingerprint density at radius 2 is 1.88 bits per heavy atom. The number of halogens is 1. The van der Waals surface area contributed by atoms with E-state index in [9.17, 15) is 19.4 Å². The second-order valence-electron chi connectivity index (χ2n) is 5.86. The lowest BCUT2D eigenvalue weighted by Crippen LogP contribution is -2.36. The maximum absolute atomic E-state index is 12.9. The van der Waals surface area contributed by atoms with Crippen LogP contribution in [0.25, 0.3) is 0 Å². The molecule has 0 unspecified atom stereocenters. The monoisotopic (exact) mass is 362 g/mol. The van der Waals surface area contributed by atoms with Crippen molar-refractivity contribution in [2.45, 2.75) is 13.1 Å². The highest BCUT2D eigenvalue weighted by molar-refractivity contribution is 5.95. The largest absolute Gasteiger partial charge is 0.501 e. The summed E-state index contributed by atoms with van der Waals surface area (Å²) in [6.07, 6.45) is 0. The molecule has 1 amide bonds. The molecule has 1 aromatic heterocycles. The van der Waals surface area contributed by atoms with Crippen LogP contribution in [0.3, 0.4) is 0 Å². The minimum atomic E-state index is -0.674. The standard InChI is InChI=1S/C17H19FN4O4/c18-12-3-1-11(2-4-12)9-19-16(24)14-15(23)17(25)21-13(20-14)10-22-5-7-26-8-6-22/h1-4,23H,5-10H2,(H,19,24)(H,20,21,25). The Morgan fingerprint density at radius 3 is 2.58 bits per heavy atom. The van der Waals surface area contributed by atoms with Crippen LogP contribution in [-0.2, 0) is 17.8 Å². The Morgan fingerprint density at radius 1 is 1.19 bits per heavy atom. The zero-order valence-electron chi connectivity index (χ0n) is 14.0. The van der Waals surface area contributed by atoms with Crippen LogP contribution in [-0.4, -0.2) is 57.3 Å². The van der Waals surface area contributed by atoms with Gasteiger partial charge >= 0.3 is 0 Å². The number of ether oxygens (including phenoxy) is 1. The maximum Gasteiger partial charge on any atom is 0.274 e. The smallest absolute Gasteiger partial charge is 0.274 e. The van der Waals surface area contributed by atoms with E-state index in [1.807, 2.05) is 4.90 Å². The van der Waals surface area contributed by atoms with E-state index in [1.165, 1.54) is 24.3 Å². The molecule has 1 aromatic carbocycles. The fourth-order valence-electron chi connectivity index (χ4n) is 2.54. The molecule has 26 heavy (non-hydrogen) atoms. The van der Waals surface area contributed by atoms with Gasteiger partial charge in [-0.25, -0.2) is 9.37 Å². The minimum absolute atomic E-state index is 0.127. The number of carbonyl (C=O) groups excluding carboxylic acids is 1. The maximum atomic E-state index is 12.9. The van der Waals surface area contributed by atoms with Gasteiger partial charge in [0.15, 0.2) is 5.69 Å². The lowest BCUT2D eigenvalue weighted by molar-refractivity contribution is 0.0329. The molecule has 0 saturated carbocycles. The summed E-state index contributed by atoms with van der Waals surface area (Å²) in [6.45, 7) is 3.02. The molecule has 0 aliphatic carbocycles. The van der Waals surface area contributed by atoms with Crippen molar-refractivity contribution in [2.75, 3.05) is 26.3 Å². The molecule has 3 rings (SSSR count). The normalized spacial score (nSPS) is 15.0. The second-order valence-corrected chi connectivity index (χ2v) is 5.86. The summed E-state index contributed by atoms with van der Waals surface area (Å²) in [6, 6.07) is 5.65. The second kappa shape index (κ2) is 8.07. The van der Waals surface area contributed by atoms with Crippen LogP contribution in [0.15, 0.2) is 24.3 Å². The number of aromatic hydroxyl groups is 2. The topological polar surface area (TPSA) is 108 Å². The third-order valence-corrected chi connectivity index (χ3v) is 3.96. The highest BCUT2D eigenvalue weighted by Gasteiger charge is 2.21. The number of carbonyl (C=O) groups is 1. The zero-order valence-corrected chi connectivity index (χ0v) is 14.0. The number of amides is 1. The average Bonchev–Trinajstić information content (AvgIpc) is 2.64. The SMILES string of the molecule is O=C(NCc1ccc(F)cc1)c1nc(CN2CCOCC2)nc(O)c1O. The fraction of sp³-hybridized carbons (Fsp3) is 0.353. The van der Waals surface area contributed by atoms with Crippen molar-refractivity contribution in [3.05, 3.63) is 47.2 Å². The van der Waals surface area contributed by atoms with Crippen molar-refractivity contribution < 1.29 is 24.1 Å². The zero-order chi connectivity index (χ0) is 18.5. The van der Waals surface area contributed by atoms with Crippen LogP contribution in [0.1, 0.15) is 21.9 Å². The van der Waals surface area contributed by atoms with E-state index in [1.54, 1.807) is 0 Å². The van der Waals surface area contributed by atoms with Gasteiger partial charge in [0.1, 0.15) is 11.6 Å². The van der Waals surface area contributed by atoms with Crippen molar-refractivity contribution in [3.8, 4) is 11.6 Å². The molecule has 3 N–H and O–H groups in total. The number of aromatic nitrogens is 2. The summed E-state index contributed by atoms with van der Waals surface area (Å²) in [5, 5.41) is 22.3. The van der Waals surface area contributed by atoms with Crippen molar-refractivity contribution in [1.82, 2.24) is 20.2 Å². The van der Waals surface area contributed by atoms with Crippen LogP contribution < -0.4 is 5.32 Å². The number of hydrogen-bond donors (Lipinski definition) is 3. The Bertz CT molecular complexity index is 779. The van der Waals surface area contributed by atoms with E-state index >= 15 is 0 Å². The van der Waals surface area contributed by atoms with Gasteiger partial charge in [-0.15, -0.1) is 0 Å². The van der Waals surface area contributed by atoms with E-state index in [0.29, 0.717) is 38.4 Å². The Labute approximate surface area is 149 Å². The predicted molar refractivity (Wildman–Crippen MR) is 89.0 cm³/mol. The molecule has 0 atom stereocenters. The molecule has 138 valence electrons. The molecular weight excluding hydrogens is 343 g/mol. The van der Waals surface area contributed by atoms with E-state index in [-0.39, 0.29) is 23.9 Å². The Kier molecular flexibility index (Phi) is 5.59. The Hall–Kier alpha value is -2.78. The summed E-state index contributed by atoms with van der Waals surface area (Å²) in [7, 11) is 0. The van der Waals surface area contributed by atoms with Gasteiger partial charge in [-0.05, 0) is 17.7 Å². The number of nitrogens with zero attached hydrogens (tertiary/aromatic N) is 3. The summed E-state index contributed by atoms with van der Waals surface area (Å²) in [5.41, 5.74) is 0.383. The van der Waals surface area contributed by atoms with Gasteiger partial charge in [0.05, 0.1) is 19.8 Å². The molecule has 0 bridgehead atoms. The summed E-state index contributed by atoms with van der Waals surface area (Å²) < 4.78 is 18.2. The van der Waals surface area contributed by atoms with Gasteiger partial charge in [-0.3, -0.25) is 9.69 Å². The molecule has 1 fully saturated rings. The molecule has 0 spiro atoms. The van der Waals surface area contributed by atoms with Crippen molar-refractivity contribution in [2.24, 2.45) is 0 Å². The number of rotatable bonds is 5. The lowest BCUT2D eigenvalue weighted by atomic mass is 10.2. The van der Waals surface area contributed by atoms with Crippen LogP contribution in [0.2, 0.25) is 0 Å². The minimum Gasteiger partial charge on any atom is -0.501 e. The predicted octanol–water partition coefficient (Wildman–Crippen LogP) is 0.789. The number of morpholine rings is 1. The van der Waals surface area contributed by atoms with Crippen LogP contribution in [0.5, 0.6) is 11.6 Å². The van der Waals surface area contributed by atoms with Gasteiger partial charge in [-0.1, -0.05) is 12.1 Å². The fourth-order valence-corrected chi connectivity index (χ4v) is 2.54. The number of benzene rings is 1. The molecule has 8 nitrogen and oxygen atoms in total. The first kappa shape index (κ1) is 18.0. The molecule has 1 aliphatic rings. The molecule has 2 aromatic rings. The van der Waals surface area contributed by atoms with Gasteiger partial charge < -0.3 is 20.3 Å². The molecule has 1 saturated heterocycles. The highest BCUT2D eigenvalue weighted by Crippen LogP contribution is 2.25. The Balaban J connectivity index is 1.70. The van der Waals surface area contributed by atoms with Crippen molar-refractivity contribution >= 4 is 5.91 Å². The van der Waals surface area contributed by atoms with Crippen LogP contribution in [0, 0.1) is 5.82 Å². The molecule has 9 heteroatoms. The van der Waals surface area contributed by atoms with E-state index in [4.69, 9.17) is 4.74 Å². The first-order chi connectivity index (χ1) is 12.5. The number of hydrogen-bond acceptors (Lipinski definition) is 7. The van der Waals surface area contributed by atoms with Crippen molar-refractivity contribution in [1.29, 1.82) is 0 Å². The average molecular weight is 362 g/mol. The summed E-state index contributed by atoms with van der Waals surface area (Å²) in [4.78, 5) is 22.3. The third-order valence-electron chi connectivity index (χ3n) is 3.96. The van der Waals surface area contributed by atoms with Crippen LogP contribution >= 0.6 is 0 Å². The van der Waals surface area contributed by atoms with Crippen molar-refractivity contribution in [3.63, 3.8) is 0 Å². The molecule has 1 aliphatic heterocycles. The molecular formula is C17H19FN4O4. The lowest BCUT2D eigenvalue weighted by Gasteiger charge is -2.25. The summed E-state index contributed by atoms with van der Waals surface area (Å²) >= 11 is 0. The van der Waals surface area contributed by atoms with Crippen LogP contribution in [0.4, 0.5) is 4.39 Å². The third kappa shape index (κ3) is 4.44. The van der Waals surface area contributed by atoms with Gasteiger partial charge in [0.25, 0.3) is 11.8 Å². The van der Waals surface area contributed by atoms with E-state index in [2.05, 4.69) is 15.3 Å². The first-order valence-corrected chi connectivity index (χ1v) is 8.14. The first-order valence-electron chi connectivity index (χ1n) is 8.14.